The van der Waals surface area contributed by atoms with Gasteiger partial charge in [-0.3, -0.25) is 0 Å². The summed E-state index contributed by atoms with van der Waals surface area (Å²) in [5.74, 6) is 0.637. The molecule has 3 aromatic rings. The first-order valence-corrected chi connectivity index (χ1v) is 7.38. The van der Waals surface area contributed by atoms with Crippen LogP contribution in [0.1, 0.15) is 11.1 Å². The molecule has 0 fully saturated rings. The Hall–Kier alpha value is -1.16. The molecule has 5 heteroatoms. The van der Waals surface area contributed by atoms with Gasteiger partial charge in [-0.1, -0.05) is 29.3 Å². The Morgan fingerprint density at radius 2 is 1.79 bits per heavy atom. The molecule has 0 atom stereocenters. The minimum atomic E-state index is 0.452. The maximum Gasteiger partial charge on any atom is 0.171 e. The van der Waals surface area contributed by atoms with Crippen molar-refractivity contribution in [2.45, 2.75) is 13.8 Å². The zero-order valence-electron chi connectivity index (χ0n) is 10.4. The Labute approximate surface area is 125 Å². The van der Waals surface area contributed by atoms with Crippen molar-refractivity contribution in [3.63, 3.8) is 0 Å². The zero-order valence-corrected chi connectivity index (χ0v) is 12.7. The van der Waals surface area contributed by atoms with Crippen molar-refractivity contribution in [3.05, 3.63) is 44.9 Å². The van der Waals surface area contributed by atoms with Crippen molar-refractivity contribution < 1.29 is 0 Å². The molecule has 2 aromatic heterocycles. The summed E-state index contributed by atoms with van der Waals surface area (Å²) in [4.78, 5) is 10.0. The Balaban J connectivity index is 2.37. The summed E-state index contributed by atoms with van der Waals surface area (Å²) in [6.45, 7) is 4.01. The van der Waals surface area contributed by atoms with E-state index in [0.29, 0.717) is 21.5 Å². The van der Waals surface area contributed by atoms with Crippen LogP contribution in [0.15, 0.2) is 23.6 Å². The monoisotopic (exact) mass is 308 g/mol. The van der Waals surface area contributed by atoms with E-state index in [4.69, 9.17) is 23.2 Å². The molecule has 19 heavy (non-hydrogen) atoms. The summed E-state index contributed by atoms with van der Waals surface area (Å²) in [7, 11) is 0. The van der Waals surface area contributed by atoms with Crippen LogP contribution in [0, 0.1) is 13.8 Å². The van der Waals surface area contributed by atoms with Gasteiger partial charge in [0, 0.05) is 5.39 Å². The average molecular weight is 309 g/mol. The van der Waals surface area contributed by atoms with Crippen LogP contribution < -0.4 is 0 Å². The lowest BCUT2D eigenvalue weighted by atomic mass is 10.1. The molecule has 0 saturated carbocycles. The first-order chi connectivity index (χ1) is 9.08. The standard InChI is InChI=1S/C14H10Cl2N2S/c1-7-3-4-9(15)11-10(7)13(16)18-14(17-11)12-8(2)5-6-19-12/h3-6H,1-2H3. The van der Waals surface area contributed by atoms with E-state index >= 15 is 0 Å². The molecule has 0 amide bonds. The lowest BCUT2D eigenvalue weighted by Crippen LogP contribution is -1.93. The number of aromatic nitrogens is 2. The van der Waals surface area contributed by atoms with Crippen LogP contribution >= 0.6 is 34.5 Å². The summed E-state index contributed by atoms with van der Waals surface area (Å²) in [5.41, 5.74) is 2.88. The number of aryl methyl sites for hydroxylation is 2. The SMILES string of the molecule is Cc1ccsc1-c1nc(Cl)c2c(C)ccc(Cl)c2n1. The highest BCUT2D eigenvalue weighted by atomic mass is 35.5. The zero-order chi connectivity index (χ0) is 13.6. The molecule has 0 unspecified atom stereocenters. The van der Waals surface area contributed by atoms with Crippen LogP contribution in [0.4, 0.5) is 0 Å². The van der Waals surface area contributed by atoms with Crippen molar-refractivity contribution >= 4 is 45.4 Å². The maximum absolute atomic E-state index is 6.30. The van der Waals surface area contributed by atoms with E-state index in [2.05, 4.69) is 9.97 Å². The van der Waals surface area contributed by atoms with E-state index in [1.807, 2.05) is 37.4 Å². The van der Waals surface area contributed by atoms with Crippen LogP contribution in [-0.2, 0) is 0 Å². The molecule has 0 radical (unpaired) electrons. The molecule has 3 rings (SSSR count). The molecule has 96 valence electrons. The van der Waals surface area contributed by atoms with Crippen molar-refractivity contribution in [2.24, 2.45) is 0 Å². The Morgan fingerprint density at radius 1 is 1.00 bits per heavy atom. The largest absolute Gasteiger partial charge is 0.226 e. The van der Waals surface area contributed by atoms with Crippen LogP contribution in [0.5, 0.6) is 0 Å². The maximum atomic E-state index is 6.30. The normalized spacial score (nSPS) is 11.2. The van der Waals surface area contributed by atoms with Crippen molar-refractivity contribution in [3.8, 4) is 10.7 Å². The van der Waals surface area contributed by atoms with Gasteiger partial charge >= 0.3 is 0 Å². The van der Waals surface area contributed by atoms with Gasteiger partial charge in [-0.25, -0.2) is 9.97 Å². The van der Waals surface area contributed by atoms with Gasteiger partial charge in [0.15, 0.2) is 5.82 Å². The van der Waals surface area contributed by atoms with Crippen LogP contribution in [0.25, 0.3) is 21.6 Å². The van der Waals surface area contributed by atoms with Gasteiger partial charge in [0.25, 0.3) is 0 Å². The molecule has 0 spiro atoms. The molecule has 1 aromatic carbocycles. The van der Waals surface area contributed by atoms with Crippen LogP contribution in [0.2, 0.25) is 10.2 Å². The first-order valence-electron chi connectivity index (χ1n) is 5.74. The summed E-state index contributed by atoms with van der Waals surface area (Å²) in [5, 5.41) is 3.89. The van der Waals surface area contributed by atoms with Crippen molar-refractivity contribution in [1.82, 2.24) is 9.97 Å². The van der Waals surface area contributed by atoms with Crippen LogP contribution in [-0.4, -0.2) is 9.97 Å². The van der Waals surface area contributed by atoms with Gasteiger partial charge in [0.05, 0.1) is 15.4 Å². The highest BCUT2D eigenvalue weighted by Crippen LogP contribution is 2.33. The number of hydrogen-bond donors (Lipinski definition) is 0. The van der Waals surface area contributed by atoms with Gasteiger partial charge < -0.3 is 0 Å². The second kappa shape index (κ2) is 4.75. The third-order valence-electron chi connectivity index (χ3n) is 3.03. The summed E-state index contributed by atoms with van der Waals surface area (Å²) in [6, 6.07) is 5.81. The fraction of sp³-hybridized carbons (Fsp3) is 0.143. The molecule has 0 aliphatic heterocycles. The number of nitrogens with zero attached hydrogens (tertiary/aromatic N) is 2. The number of fused-ring (bicyclic) bond motifs is 1. The van der Waals surface area contributed by atoms with E-state index in [9.17, 15) is 0 Å². The number of rotatable bonds is 1. The van der Waals surface area contributed by atoms with Gasteiger partial charge in [-0.2, -0.15) is 0 Å². The van der Waals surface area contributed by atoms with Gasteiger partial charge in [0.2, 0.25) is 0 Å². The smallest absolute Gasteiger partial charge is 0.171 e. The quantitative estimate of drug-likeness (QED) is 0.571. The summed E-state index contributed by atoms with van der Waals surface area (Å²) >= 11 is 14.1. The van der Waals surface area contributed by atoms with Gasteiger partial charge in [0.1, 0.15) is 5.15 Å². The highest BCUT2D eigenvalue weighted by molar-refractivity contribution is 7.13. The van der Waals surface area contributed by atoms with E-state index < -0.39 is 0 Å². The Kier molecular flexibility index (Phi) is 3.21. The van der Waals surface area contributed by atoms with Crippen molar-refractivity contribution in [1.29, 1.82) is 0 Å². The lowest BCUT2D eigenvalue weighted by Gasteiger charge is -2.07. The van der Waals surface area contributed by atoms with Gasteiger partial charge in [-0.15, -0.1) is 11.3 Å². The first kappa shape index (κ1) is 12.9. The third-order valence-corrected chi connectivity index (χ3v) is 4.62. The summed E-state index contributed by atoms with van der Waals surface area (Å²) < 4.78 is 0. The topological polar surface area (TPSA) is 25.8 Å². The average Bonchev–Trinajstić information content (AvgIpc) is 2.79. The van der Waals surface area contributed by atoms with E-state index in [1.54, 1.807) is 11.3 Å². The number of benzene rings is 1. The molecule has 2 nitrogen and oxygen atoms in total. The fourth-order valence-corrected chi connectivity index (χ4v) is 3.40. The van der Waals surface area contributed by atoms with E-state index in [1.165, 1.54) is 0 Å². The molecular weight excluding hydrogens is 299 g/mol. The predicted octanol–water partition coefficient (Wildman–Crippen LogP) is 5.28. The highest BCUT2D eigenvalue weighted by Gasteiger charge is 2.14. The van der Waals surface area contributed by atoms with E-state index in [0.717, 1.165) is 21.4 Å². The molecule has 0 aliphatic rings. The van der Waals surface area contributed by atoms with E-state index in [-0.39, 0.29) is 0 Å². The Morgan fingerprint density at radius 3 is 2.47 bits per heavy atom. The van der Waals surface area contributed by atoms with Crippen molar-refractivity contribution in [2.75, 3.05) is 0 Å². The van der Waals surface area contributed by atoms with Gasteiger partial charge in [-0.05, 0) is 42.5 Å². The second-order valence-electron chi connectivity index (χ2n) is 4.36. The number of halogens is 2. The molecule has 0 saturated heterocycles. The minimum Gasteiger partial charge on any atom is -0.226 e. The molecule has 2 heterocycles. The minimum absolute atomic E-state index is 0.452. The number of thiophene rings is 1. The van der Waals surface area contributed by atoms with Crippen LogP contribution in [0.3, 0.4) is 0 Å². The molecule has 0 bridgehead atoms. The third kappa shape index (κ3) is 2.12. The lowest BCUT2D eigenvalue weighted by molar-refractivity contribution is 1.22. The predicted molar refractivity (Wildman–Crippen MR) is 82.3 cm³/mol. The molecule has 0 aliphatic carbocycles. The Bertz CT molecular complexity index is 780. The summed E-state index contributed by atoms with van der Waals surface area (Å²) in [6.07, 6.45) is 0. The molecular formula is C14H10Cl2N2S. The molecule has 0 N–H and O–H groups in total. The second-order valence-corrected chi connectivity index (χ2v) is 6.04. The number of hydrogen-bond acceptors (Lipinski definition) is 3. The fourth-order valence-electron chi connectivity index (χ4n) is 2.02.